The van der Waals surface area contributed by atoms with Gasteiger partial charge in [-0.1, -0.05) is 18.2 Å². The van der Waals surface area contributed by atoms with Gasteiger partial charge in [0.2, 0.25) is 0 Å². The molecule has 2 N–H and O–H groups in total. The van der Waals surface area contributed by atoms with Crippen LogP contribution in [-0.4, -0.2) is 18.1 Å². The molecular formula is C13H20N2. The molecule has 0 radical (unpaired) electrons. The fraction of sp³-hybridized carbons (Fsp3) is 0.538. The van der Waals surface area contributed by atoms with Gasteiger partial charge in [0.05, 0.1) is 6.04 Å². The number of nitrogens with zero attached hydrogens (tertiary/aromatic N) is 1. The lowest BCUT2D eigenvalue weighted by atomic mass is 9.92. The van der Waals surface area contributed by atoms with Crippen LogP contribution in [0.4, 0.5) is 5.69 Å². The predicted molar refractivity (Wildman–Crippen MR) is 65.2 cm³/mol. The van der Waals surface area contributed by atoms with Crippen molar-refractivity contribution in [2.24, 2.45) is 5.73 Å². The molecule has 2 rings (SSSR count). The zero-order valence-electron chi connectivity index (χ0n) is 9.83. The molecule has 2 heteroatoms. The van der Waals surface area contributed by atoms with Gasteiger partial charge in [-0.2, -0.15) is 0 Å². The number of para-hydroxylation sites is 1. The molecule has 1 atom stereocenters. The van der Waals surface area contributed by atoms with Gasteiger partial charge < -0.3 is 10.6 Å². The van der Waals surface area contributed by atoms with Crippen molar-refractivity contribution in [3.63, 3.8) is 0 Å². The van der Waals surface area contributed by atoms with Crippen molar-refractivity contribution in [2.75, 3.05) is 11.4 Å². The van der Waals surface area contributed by atoms with E-state index in [1.165, 1.54) is 11.3 Å². The van der Waals surface area contributed by atoms with Crippen LogP contribution in [0, 0.1) is 0 Å². The third-order valence-electron chi connectivity index (χ3n) is 3.29. The number of nitrogens with two attached hydrogens (primary N) is 1. The summed E-state index contributed by atoms with van der Waals surface area (Å²) in [5.41, 5.74) is 8.90. The van der Waals surface area contributed by atoms with E-state index in [2.05, 4.69) is 49.9 Å². The zero-order valence-corrected chi connectivity index (χ0v) is 9.83. The molecule has 0 saturated carbocycles. The number of anilines is 1. The lowest BCUT2D eigenvalue weighted by Gasteiger charge is -2.36. The Bertz CT molecular complexity index is 352. The van der Waals surface area contributed by atoms with Gasteiger partial charge in [-0.25, -0.2) is 0 Å². The summed E-state index contributed by atoms with van der Waals surface area (Å²) in [6.45, 7) is 7.46. The monoisotopic (exact) mass is 204 g/mol. The van der Waals surface area contributed by atoms with Crippen LogP contribution in [0.15, 0.2) is 24.3 Å². The molecule has 0 saturated heterocycles. The summed E-state index contributed by atoms with van der Waals surface area (Å²) in [5.74, 6) is 0. The largest absolute Gasteiger partial charge is 0.366 e. The predicted octanol–water partition coefficient (Wildman–Crippen LogP) is 2.17. The Balaban J connectivity index is 2.37. The van der Waals surface area contributed by atoms with Gasteiger partial charge in [0.25, 0.3) is 0 Å². The molecule has 82 valence electrons. The first-order chi connectivity index (χ1) is 7.04. The highest BCUT2D eigenvalue weighted by Gasteiger charge is 2.36. The highest BCUT2D eigenvalue weighted by molar-refractivity contribution is 5.60. The third-order valence-corrected chi connectivity index (χ3v) is 3.29. The van der Waals surface area contributed by atoms with Crippen LogP contribution in [0.25, 0.3) is 0 Å². The summed E-state index contributed by atoms with van der Waals surface area (Å²) in [7, 11) is 0. The topological polar surface area (TPSA) is 29.3 Å². The molecule has 2 nitrogen and oxygen atoms in total. The van der Waals surface area contributed by atoms with Crippen molar-refractivity contribution in [1.29, 1.82) is 0 Å². The van der Waals surface area contributed by atoms with Crippen LogP contribution in [0.2, 0.25) is 0 Å². The molecule has 0 amide bonds. The highest BCUT2D eigenvalue weighted by Crippen LogP contribution is 2.35. The average Bonchev–Trinajstić information content (AvgIpc) is 2.55. The standard InChI is InChI=1S/C13H20N2/c1-4-15-11-8-6-5-7-10(11)9-12(15)13(2,3)14/h5-8,12H,4,9,14H2,1-3H3. The van der Waals surface area contributed by atoms with Crippen molar-refractivity contribution >= 4 is 5.69 Å². The van der Waals surface area contributed by atoms with Crippen LogP contribution in [0.1, 0.15) is 26.3 Å². The Morgan fingerprint density at radius 3 is 2.67 bits per heavy atom. The van der Waals surface area contributed by atoms with Gasteiger partial charge in [0.15, 0.2) is 0 Å². The van der Waals surface area contributed by atoms with Crippen molar-refractivity contribution < 1.29 is 0 Å². The Morgan fingerprint density at radius 1 is 1.40 bits per heavy atom. The van der Waals surface area contributed by atoms with Gasteiger partial charge in [-0.05, 0) is 38.8 Å². The summed E-state index contributed by atoms with van der Waals surface area (Å²) < 4.78 is 0. The van der Waals surface area contributed by atoms with E-state index in [-0.39, 0.29) is 5.54 Å². The van der Waals surface area contributed by atoms with E-state index in [1.807, 2.05) is 0 Å². The Morgan fingerprint density at radius 2 is 2.07 bits per heavy atom. The summed E-state index contributed by atoms with van der Waals surface area (Å²) in [4.78, 5) is 2.43. The van der Waals surface area contributed by atoms with E-state index in [0.717, 1.165) is 13.0 Å². The van der Waals surface area contributed by atoms with Crippen molar-refractivity contribution in [2.45, 2.75) is 38.8 Å². The van der Waals surface area contributed by atoms with E-state index < -0.39 is 0 Å². The van der Waals surface area contributed by atoms with E-state index in [4.69, 9.17) is 5.73 Å². The third kappa shape index (κ3) is 1.74. The fourth-order valence-electron chi connectivity index (χ4n) is 2.51. The Hall–Kier alpha value is -1.02. The van der Waals surface area contributed by atoms with Crippen molar-refractivity contribution in [1.82, 2.24) is 0 Å². The van der Waals surface area contributed by atoms with E-state index in [9.17, 15) is 0 Å². The maximum absolute atomic E-state index is 6.24. The first-order valence-electron chi connectivity index (χ1n) is 5.67. The summed E-state index contributed by atoms with van der Waals surface area (Å²) in [6.07, 6.45) is 1.08. The second-order valence-corrected chi connectivity index (χ2v) is 4.96. The Labute approximate surface area is 92.1 Å². The summed E-state index contributed by atoms with van der Waals surface area (Å²) in [6, 6.07) is 9.06. The quantitative estimate of drug-likeness (QED) is 0.800. The molecule has 0 aliphatic carbocycles. The average molecular weight is 204 g/mol. The van der Waals surface area contributed by atoms with Crippen LogP contribution in [-0.2, 0) is 6.42 Å². The number of fused-ring (bicyclic) bond motifs is 1. The van der Waals surface area contributed by atoms with Crippen LogP contribution < -0.4 is 10.6 Å². The molecule has 15 heavy (non-hydrogen) atoms. The molecule has 1 aromatic carbocycles. The van der Waals surface area contributed by atoms with Gasteiger partial charge in [0.1, 0.15) is 0 Å². The van der Waals surface area contributed by atoms with Gasteiger partial charge in [-0.15, -0.1) is 0 Å². The first-order valence-corrected chi connectivity index (χ1v) is 5.67. The number of rotatable bonds is 2. The molecule has 1 unspecified atom stereocenters. The van der Waals surface area contributed by atoms with Gasteiger partial charge in [0, 0.05) is 17.8 Å². The number of benzene rings is 1. The van der Waals surface area contributed by atoms with Gasteiger partial charge >= 0.3 is 0 Å². The number of likely N-dealkylation sites (N-methyl/N-ethyl adjacent to an activating group) is 1. The highest BCUT2D eigenvalue weighted by atomic mass is 15.2. The molecular weight excluding hydrogens is 184 g/mol. The molecule has 0 aromatic heterocycles. The lowest BCUT2D eigenvalue weighted by molar-refractivity contribution is 0.399. The molecule has 0 bridgehead atoms. The fourth-order valence-corrected chi connectivity index (χ4v) is 2.51. The molecule has 1 aliphatic rings. The zero-order chi connectivity index (χ0) is 11.1. The molecule has 1 aliphatic heterocycles. The lowest BCUT2D eigenvalue weighted by Crippen LogP contribution is -2.53. The molecule has 0 spiro atoms. The second kappa shape index (κ2) is 3.53. The summed E-state index contributed by atoms with van der Waals surface area (Å²) >= 11 is 0. The smallest absolute Gasteiger partial charge is 0.0505 e. The molecule has 0 fully saturated rings. The maximum Gasteiger partial charge on any atom is 0.0505 e. The van der Waals surface area contributed by atoms with Gasteiger partial charge in [-0.3, -0.25) is 0 Å². The molecule has 1 aromatic rings. The second-order valence-electron chi connectivity index (χ2n) is 4.96. The van der Waals surface area contributed by atoms with Crippen LogP contribution in [0.5, 0.6) is 0 Å². The minimum atomic E-state index is -0.144. The van der Waals surface area contributed by atoms with E-state index >= 15 is 0 Å². The minimum Gasteiger partial charge on any atom is -0.366 e. The van der Waals surface area contributed by atoms with Crippen molar-refractivity contribution in [3.8, 4) is 0 Å². The Kier molecular flexibility index (Phi) is 2.47. The maximum atomic E-state index is 6.24. The number of hydrogen-bond acceptors (Lipinski definition) is 2. The van der Waals surface area contributed by atoms with E-state index in [1.54, 1.807) is 0 Å². The molecule has 1 heterocycles. The first kappa shape index (κ1) is 10.5. The summed E-state index contributed by atoms with van der Waals surface area (Å²) in [5, 5.41) is 0. The minimum absolute atomic E-state index is 0.144. The number of hydrogen-bond donors (Lipinski definition) is 1. The van der Waals surface area contributed by atoms with Crippen molar-refractivity contribution in [3.05, 3.63) is 29.8 Å². The van der Waals surface area contributed by atoms with Crippen LogP contribution >= 0.6 is 0 Å². The normalized spacial score (nSPS) is 20.5. The van der Waals surface area contributed by atoms with E-state index in [0.29, 0.717) is 6.04 Å². The van der Waals surface area contributed by atoms with Crippen LogP contribution in [0.3, 0.4) is 0 Å². The SMILES string of the molecule is CCN1c2ccccc2CC1C(C)(C)N.